The molecule has 0 aliphatic heterocycles. The van der Waals surface area contributed by atoms with Crippen LogP contribution in [0, 0.1) is 0 Å². The Labute approximate surface area is 147 Å². The molecule has 0 aromatic rings. The van der Waals surface area contributed by atoms with Gasteiger partial charge in [0.15, 0.2) is 0 Å². The van der Waals surface area contributed by atoms with E-state index in [0.717, 1.165) is 0 Å². The zero-order chi connectivity index (χ0) is 0. The van der Waals surface area contributed by atoms with Crippen LogP contribution in [0.15, 0.2) is 0 Å². The molecule has 0 N–H and O–H groups in total. The molecule has 0 amide bonds. The van der Waals surface area contributed by atoms with E-state index in [1.54, 1.807) is 0 Å². The van der Waals surface area contributed by atoms with Gasteiger partial charge in [-0.15, -0.1) is 0 Å². The van der Waals surface area contributed by atoms with E-state index in [-0.39, 0.29) is 151 Å². The van der Waals surface area contributed by atoms with Gasteiger partial charge in [0.2, 0.25) is 0 Å². The largest absolute Gasteiger partial charge is 0 e. The fourth-order valence-electron chi connectivity index (χ4n) is 0. The van der Waals surface area contributed by atoms with Crippen LogP contribution in [0.2, 0.25) is 0 Å². The first-order valence-corrected chi connectivity index (χ1v) is 0. The van der Waals surface area contributed by atoms with E-state index >= 15 is 0 Å². The van der Waals surface area contributed by atoms with E-state index in [0.29, 0.717) is 0 Å². The van der Waals surface area contributed by atoms with Gasteiger partial charge in [0, 0.05) is 151 Å². The van der Waals surface area contributed by atoms with Crippen LogP contribution < -0.4 is 0 Å². The molecule has 6 radical (unpaired) electrons. The van der Waals surface area contributed by atoms with E-state index in [9.17, 15) is 0 Å². The van der Waals surface area contributed by atoms with Gasteiger partial charge in [0.05, 0.1) is 0 Å². The molecule has 60 valence electrons. The maximum Gasteiger partial charge on any atom is 0 e. The molecule has 0 atom stereocenters. The van der Waals surface area contributed by atoms with Gasteiger partial charge in [-0.25, -0.2) is 0 Å². The summed E-state index contributed by atoms with van der Waals surface area (Å²) in [4.78, 5) is 0. The van der Waals surface area contributed by atoms with Gasteiger partial charge in [-0.05, 0) is 0 Å². The molecule has 0 saturated carbocycles. The van der Waals surface area contributed by atoms with Crippen LogP contribution >= 0.6 is 0 Å². The molecule has 0 bridgehead atoms. The zero-order valence-corrected chi connectivity index (χ0v) is 15.4. The average Bonchev–Trinajstić information content (AvgIpc) is 0. The Kier molecular flexibility index (Phi) is 370. The minimum Gasteiger partial charge on any atom is 0 e. The summed E-state index contributed by atoms with van der Waals surface area (Å²) in [6.07, 6.45) is 0. The molecule has 0 saturated heterocycles. The summed E-state index contributed by atoms with van der Waals surface area (Å²) in [6, 6.07) is 0. The van der Waals surface area contributed by atoms with E-state index in [1.807, 2.05) is 0 Å². The first kappa shape index (κ1) is 58.5. The minimum atomic E-state index is 0. The number of hydrogen-bond donors (Lipinski definition) is 0. The quantitative estimate of drug-likeness (QED) is 0.284. The normalized spacial score (nSPS) is 0. The van der Waals surface area contributed by atoms with Crippen molar-refractivity contribution in [1.82, 2.24) is 0 Å². The summed E-state index contributed by atoms with van der Waals surface area (Å²) in [5, 5.41) is 0. The van der Waals surface area contributed by atoms with E-state index in [2.05, 4.69) is 0 Å². The second-order valence-electron chi connectivity index (χ2n) is 0. The summed E-state index contributed by atoms with van der Waals surface area (Å²) < 4.78 is 0. The summed E-state index contributed by atoms with van der Waals surface area (Å²) >= 11 is 0. The van der Waals surface area contributed by atoms with Crippen molar-refractivity contribution in [2.24, 2.45) is 0 Å². The molecule has 0 aliphatic rings. The average molecular weight is 776 g/mol. The van der Waals surface area contributed by atoms with Crippen LogP contribution in [-0.2, 0) is 102 Å². The topological polar surface area (TPSA) is 0 Å². The third kappa shape index (κ3) is 35.8. The Morgan fingerprint density at radius 2 is 0.286 bits per heavy atom. The molecule has 0 rings (SSSR count). The minimum absolute atomic E-state index is 0. The first-order chi connectivity index (χ1) is 0. The second-order valence-corrected chi connectivity index (χ2v) is 0. The smallest absolute Gasteiger partial charge is 0 e. The Bertz CT molecular complexity index is 6.04. The molecule has 0 heterocycles. The Hall–Kier alpha value is 4.95. The fourth-order valence-corrected chi connectivity index (χ4v) is 0. The van der Waals surface area contributed by atoms with Crippen LogP contribution in [0.5, 0.6) is 0 Å². The number of rotatable bonds is 0. The van der Waals surface area contributed by atoms with Crippen LogP contribution in [0.4, 0.5) is 0 Å². The van der Waals surface area contributed by atoms with Crippen molar-refractivity contribution in [3.8, 4) is 0 Å². The van der Waals surface area contributed by atoms with Crippen molar-refractivity contribution < 1.29 is 102 Å². The molecule has 7 heteroatoms. The van der Waals surface area contributed by atoms with Gasteiger partial charge in [0.25, 0.3) is 0 Å². The second kappa shape index (κ2) is 44.3. The molecular formula is Pd5Sb2. The molecule has 0 aliphatic carbocycles. The maximum atomic E-state index is 0. The predicted molar refractivity (Wildman–Crippen MR) is 11.5 cm³/mol. The van der Waals surface area contributed by atoms with Gasteiger partial charge in [-0.2, -0.15) is 0 Å². The van der Waals surface area contributed by atoms with Crippen LogP contribution in [0.25, 0.3) is 0 Å². The van der Waals surface area contributed by atoms with Crippen molar-refractivity contribution >= 4 is 48.9 Å². The third-order valence-electron chi connectivity index (χ3n) is 0. The Morgan fingerprint density at radius 1 is 0.286 bits per heavy atom. The fraction of sp³-hybridized carbons (Fsp3) is 0. The molecule has 0 aromatic carbocycles. The van der Waals surface area contributed by atoms with Crippen LogP contribution in [-0.4, -0.2) is 48.9 Å². The van der Waals surface area contributed by atoms with Gasteiger partial charge in [0.1, 0.15) is 0 Å². The molecule has 7 heavy (non-hydrogen) atoms. The van der Waals surface area contributed by atoms with Crippen molar-refractivity contribution in [2.75, 3.05) is 0 Å². The van der Waals surface area contributed by atoms with Crippen molar-refractivity contribution in [3.63, 3.8) is 0 Å². The van der Waals surface area contributed by atoms with Crippen molar-refractivity contribution in [2.45, 2.75) is 0 Å². The van der Waals surface area contributed by atoms with Gasteiger partial charge < -0.3 is 0 Å². The summed E-state index contributed by atoms with van der Waals surface area (Å²) in [6.45, 7) is 0. The SMILES string of the molecule is [Pd].[Pd].[Pd].[Pd].[Pd].[Sb].[Sb]. The van der Waals surface area contributed by atoms with Gasteiger partial charge in [-0.3, -0.25) is 0 Å². The molecule has 0 aromatic heterocycles. The van der Waals surface area contributed by atoms with Crippen molar-refractivity contribution in [1.29, 1.82) is 0 Å². The Morgan fingerprint density at radius 3 is 0.286 bits per heavy atom. The summed E-state index contributed by atoms with van der Waals surface area (Å²) in [7, 11) is 0. The van der Waals surface area contributed by atoms with Gasteiger partial charge in [-0.1, -0.05) is 0 Å². The summed E-state index contributed by atoms with van der Waals surface area (Å²) in [5.74, 6) is 0. The molecule has 0 nitrogen and oxygen atoms in total. The van der Waals surface area contributed by atoms with E-state index < -0.39 is 0 Å². The first-order valence-electron chi connectivity index (χ1n) is 0. The maximum absolute atomic E-state index is 0. The molecular weight excluding hydrogens is 776 g/mol. The standard InChI is InChI=1S/5Pd.2Sb. The predicted octanol–water partition coefficient (Wildman–Crippen LogP) is -0.774. The van der Waals surface area contributed by atoms with E-state index in [4.69, 9.17) is 0 Å². The zero-order valence-electron chi connectivity index (χ0n) is 2.48. The monoisotopic (exact) mass is 771 g/mol. The molecule has 0 fully saturated rings. The van der Waals surface area contributed by atoms with E-state index in [1.165, 1.54) is 0 Å². The van der Waals surface area contributed by atoms with Crippen molar-refractivity contribution in [3.05, 3.63) is 0 Å². The van der Waals surface area contributed by atoms with Gasteiger partial charge >= 0.3 is 0 Å². The number of hydrogen-bond acceptors (Lipinski definition) is 0. The Balaban J connectivity index is 0. The van der Waals surface area contributed by atoms with Crippen LogP contribution in [0.1, 0.15) is 0 Å². The summed E-state index contributed by atoms with van der Waals surface area (Å²) in [5.41, 5.74) is 0. The molecule has 0 spiro atoms. The van der Waals surface area contributed by atoms with Crippen LogP contribution in [0.3, 0.4) is 0 Å². The third-order valence-corrected chi connectivity index (χ3v) is 0. The molecule has 0 unspecified atom stereocenters.